The minimum Gasteiger partial charge on any atom is -0.312 e. The fourth-order valence-electron chi connectivity index (χ4n) is 1.10. The van der Waals surface area contributed by atoms with Crippen LogP contribution in [0, 0.1) is 11.6 Å². The van der Waals surface area contributed by atoms with Crippen molar-refractivity contribution in [2.75, 3.05) is 0 Å². The zero-order valence-corrected chi connectivity index (χ0v) is 10.6. The molecule has 2 aromatic rings. The zero-order valence-electron chi connectivity index (χ0n) is 8.21. The quantitative estimate of drug-likeness (QED) is 0.866. The highest BCUT2D eigenvalue weighted by Gasteiger charge is 2.11. The smallest absolute Gasteiger partial charge is 0.266 e. The van der Waals surface area contributed by atoms with Gasteiger partial charge in [0, 0.05) is 0 Å². The van der Waals surface area contributed by atoms with Gasteiger partial charge in [0.05, 0.1) is 11.2 Å². The van der Waals surface area contributed by atoms with Gasteiger partial charge in [0.2, 0.25) is 0 Å². The summed E-state index contributed by atoms with van der Waals surface area (Å²) in [7, 11) is 0. The van der Waals surface area contributed by atoms with Gasteiger partial charge in [-0.05, 0) is 34.1 Å². The first-order valence-electron chi connectivity index (χ1n) is 4.44. The number of H-pyrrole nitrogens is 1. The number of hydrogen-bond acceptors (Lipinski definition) is 3. The number of benzene rings is 1. The molecule has 0 aliphatic carbocycles. The summed E-state index contributed by atoms with van der Waals surface area (Å²) in [6.07, 6.45) is 1.20. The van der Waals surface area contributed by atoms with Gasteiger partial charge in [-0.3, -0.25) is 4.79 Å². The Labute approximate surface area is 107 Å². The lowest BCUT2D eigenvalue weighted by atomic mass is 10.3. The molecule has 0 saturated heterocycles. The van der Waals surface area contributed by atoms with E-state index in [1.54, 1.807) is 0 Å². The highest BCUT2D eigenvalue weighted by Crippen LogP contribution is 2.31. The predicted octanol–water partition coefficient (Wildman–Crippen LogP) is 2.96. The third-order valence-electron chi connectivity index (χ3n) is 1.86. The molecule has 0 amide bonds. The molecule has 7 heteroatoms. The highest BCUT2D eigenvalue weighted by molar-refractivity contribution is 9.10. The van der Waals surface area contributed by atoms with Crippen molar-refractivity contribution in [3.8, 4) is 0 Å². The third-order valence-corrected chi connectivity index (χ3v) is 3.90. The first-order chi connectivity index (χ1) is 8.08. The number of rotatable bonds is 2. The van der Waals surface area contributed by atoms with E-state index in [1.807, 2.05) is 0 Å². The van der Waals surface area contributed by atoms with Gasteiger partial charge in [-0.1, -0.05) is 11.8 Å². The first-order valence-corrected chi connectivity index (χ1v) is 6.05. The average Bonchev–Trinajstić information content (AvgIpc) is 2.30. The van der Waals surface area contributed by atoms with Crippen LogP contribution in [0.15, 0.2) is 43.7 Å². The maximum absolute atomic E-state index is 13.4. The van der Waals surface area contributed by atoms with Crippen molar-refractivity contribution in [2.45, 2.75) is 9.92 Å². The van der Waals surface area contributed by atoms with Crippen LogP contribution in [-0.2, 0) is 0 Å². The van der Waals surface area contributed by atoms with Crippen molar-refractivity contribution in [1.82, 2.24) is 9.97 Å². The van der Waals surface area contributed by atoms with Crippen molar-refractivity contribution < 1.29 is 8.78 Å². The minimum atomic E-state index is -0.564. The van der Waals surface area contributed by atoms with Crippen molar-refractivity contribution in [3.05, 3.63) is 51.0 Å². The van der Waals surface area contributed by atoms with Gasteiger partial charge in [-0.2, -0.15) is 0 Å². The molecule has 0 unspecified atom stereocenters. The maximum Gasteiger partial charge on any atom is 0.266 e. The Morgan fingerprint density at radius 3 is 2.88 bits per heavy atom. The number of aromatic nitrogens is 2. The Balaban J connectivity index is 2.41. The largest absolute Gasteiger partial charge is 0.312 e. The normalized spacial score (nSPS) is 10.5. The molecule has 3 nitrogen and oxygen atoms in total. The molecule has 0 radical (unpaired) electrons. The van der Waals surface area contributed by atoms with Gasteiger partial charge < -0.3 is 4.98 Å². The molecule has 0 aliphatic heterocycles. The second kappa shape index (κ2) is 4.97. The SMILES string of the molecule is O=c1[nH]cnc(Sc2cc(F)ccc2F)c1Br. The Hall–Kier alpha value is -1.21. The molecule has 1 aromatic carbocycles. The molecule has 0 saturated carbocycles. The second-order valence-corrected chi connectivity index (χ2v) is 4.85. The van der Waals surface area contributed by atoms with Crippen molar-refractivity contribution in [2.24, 2.45) is 0 Å². The summed E-state index contributed by atoms with van der Waals surface area (Å²) in [6.45, 7) is 0. The van der Waals surface area contributed by atoms with E-state index in [0.717, 1.165) is 30.0 Å². The Morgan fingerprint density at radius 1 is 1.35 bits per heavy atom. The molecule has 0 bridgehead atoms. The summed E-state index contributed by atoms with van der Waals surface area (Å²) in [5.41, 5.74) is -0.376. The van der Waals surface area contributed by atoms with Crippen LogP contribution in [-0.4, -0.2) is 9.97 Å². The zero-order chi connectivity index (χ0) is 12.4. The van der Waals surface area contributed by atoms with Crippen molar-refractivity contribution in [3.63, 3.8) is 0 Å². The molecule has 0 spiro atoms. The van der Waals surface area contributed by atoms with Gasteiger partial charge >= 0.3 is 0 Å². The summed E-state index contributed by atoms with van der Waals surface area (Å²) >= 11 is 3.91. The fourth-order valence-corrected chi connectivity index (χ4v) is 2.39. The summed E-state index contributed by atoms with van der Waals surface area (Å²) in [4.78, 5) is 17.6. The molecule has 0 fully saturated rings. The lowest BCUT2D eigenvalue weighted by molar-refractivity contribution is 0.577. The van der Waals surface area contributed by atoms with Crippen LogP contribution < -0.4 is 5.56 Å². The van der Waals surface area contributed by atoms with Gasteiger partial charge in [0.25, 0.3) is 5.56 Å². The van der Waals surface area contributed by atoms with E-state index in [-0.39, 0.29) is 20.0 Å². The number of nitrogens with one attached hydrogen (secondary N) is 1. The van der Waals surface area contributed by atoms with E-state index in [0.29, 0.717) is 0 Å². The van der Waals surface area contributed by atoms with E-state index in [1.165, 1.54) is 6.33 Å². The molecular weight excluding hydrogens is 314 g/mol. The molecule has 0 atom stereocenters. The second-order valence-electron chi connectivity index (χ2n) is 3.03. The lowest BCUT2D eigenvalue weighted by Gasteiger charge is -2.03. The summed E-state index contributed by atoms with van der Waals surface area (Å²) in [5.74, 6) is -1.11. The monoisotopic (exact) mass is 318 g/mol. The number of nitrogens with zero attached hydrogens (tertiary/aromatic N) is 1. The summed E-state index contributed by atoms with van der Waals surface area (Å²) in [6, 6.07) is 3.10. The molecule has 1 heterocycles. The standard InChI is InChI=1S/C10H5BrF2N2OS/c11-8-9(16)14-4-15-10(8)17-7-3-5(12)1-2-6(7)13/h1-4H,(H,14,15,16). The number of halogens is 3. The molecule has 17 heavy (non-hydrogen) atoms. The van der Waals surface area contributed by atoms with E-state index in [9.17, 15) is 13.6 Å². The molecular formula is C10H5BrF2N2OS. The molecule has 88 valence electrons. The summed E-state index contributed by atoms with van der Waals surface area (Å²) < 4.78 is 26.5. The maximum atomic E-state index is 13.4. The molecule has 1 aromatic heterocycles. The van der Waals surface area contributed by atoms with E-state index < -0.39 is 11.6 Å². The Kier molecular flexibility index (Phi) is 3.58. The van der Waals surface area contributed by atoms with E-state index in [2.05, 4.69) is 25.9 Å². The van der Waals surface area contributed by atoms with Gasteiger partial charge in [0.15, 0.2) is 0 Å². The Morgan fingerprint density at radius 2 is 2.12 bits per heavy atom. The van der Waals surface area contributed by atoms with Crippen LogP contribution in [0.25, 0.3) is 0 Å². The molecule has 0 aliphatic rings. The molecule has 2 rings (SSSR count). The van der Waals surface area contributed by atoms with Crippen LogP contribution in [0.1, 0.15) is 0 Å². The van der Waals surface area contributed by atoms with Crippen molar-refractivity contribution >= 4 is 27.7 Å². The van der Waals surface area contributed by atoms with Crippen LogP contribution in [0.2, 0.25) is 0 Å². The minimum absolute atomic E-state index is 0.0730. The van der Waals surface area contributed by atoms with Crippen LogP contribution in [0.5, 0.6) is 0 Å². The highest BCUT2D eigenvalue weighted by atomic mass is 79.9. The van der Waals surface area contributed by atoms with Crippen molar-refractivity contribution in [1.29, 1.82) is 0 Å². The van der Waals surface area contributed by atoms with Crippen LogP contribution >= 0.6 is 27.7 Å². The van der Waals surface area contributed by atoms with Crippen LogP contribution in [0.4, 0.5) is 8.78 Å². The number of aromatic amines is 1. The number of hydrogen-bond donors (Lipinski definition) is 1. The van der Waals surface area contributed by atoms with Gasteiger partial charge in [-0.15, -0.1) is 0 Å². The van der Waals surface area contributed by atoms with Gasteiger partial charge in [-0.25, -0.2) is 13.8 Å². The topological polar surface area (TPSA) is 45.8 Å². The Bertz CT molecular complexity index is 617. The average molecular weight is 319 g/mol. The van der Waals surface area contributed by atoms with E-state index in [4.69, 9.17) is 0 Å². The van der Waals surface area contributed by atoms with E-state index >= 15 is 0 Å². The first kappa shape index (κ1) is 12.3. The third kappa shape index (κ3) is 2.73. The van der Waals surface area contributed by atoms with Crippen LogP contribution in [0.3, 0.4) is 0 Å². The fraction of sp³-hybridized carbons (Fsp3) is 0. The predicted molar refractivity (Wildman–Crippen MR) is 63.0 cm³/mol. The van der Waals surface area contributed by atoms with Gasteiger partial charge in [0.1, 0.15) is 21.1 Å². The summed E-state index contributed by atoms with van der Waals surface area (Å²) in [5, 5.41) is 0.276. The lowest BCUT2D eigenvalue weighted by Crippen LogP contribution is -2.07. The molecule has 1 N–H and O–H groups in total.